The van der Waals surface area contributed by atoms with Gasteiger partial charge in [0.1, 0.15) is 0 Å². The van der Waals surface area contributed by atoms with Crippen LogP contribution in [0.1, 0.15) is 129 Å². The smallest absolute Gasteiger partial charge is 0.0701 e. The van der Waals surface area contributed by atoms with E-state index in [0.717, 1.165) is 26.1 Å². The van der Waals surface area contributed by atoms with Gasteiger partial charge in [0.15, 0.2) is 0 Å². The van der Waals surface area contributed by atoms with Crippen molar-refractivity contribution in [1.82, 2.24) is 0 Å². The Morgan fingerprint density at radius 3 is 0.453 bits per heavy atom. The second-order valence-corrected chi connectivity index (χ2v) is 13.4. The van der Waals surface area contributed by atoms with Crippen molar-refractivity contribution in [2.24, 2.45) is 0 Å². The first-order valence-corrected chi connectivity index (χ1v) is 21.8. The van der Waals surface area contributed by atoms with Crippen molar-refractivity contribution in [3.8, 4) is 0 Å². The van der Waals surface area contributed by atoms with Gasteiger partial charge < -0.3 is 52.1 Å². The summed E-state index contributed by atoms with van der Waals surface area (Å²) in [6.07, 6.45) is 24.1. The summed E-state index contributed by atoms with van der Waals surface area (Å²) in [5, 5.41) is 0. The maximum Gasteiger partial charge on any atom is 0.0701 e. The third-order valence-corrected chi connectivity index (χ3v) is 8.50. The van der Waals surface area contributed by atoms with Gasteiger partial charge in [0, 0.05) is 13.2 Å². The molecular formula is C42H86O11. The number of hydrogen-bond acceptors (Lipinski definition) is 11. The van der Waals surface area contributed by atoms with E-state index in [1.54, 1.807) is 0 Å². The van der Waals surface area contributed by atoms with Crippen LogP contribution in [0.2, 0.25) is 0 Å². The van der Waals surface area contributed by atoms with Gasteiger partial charge >= 0.3 is 0 Å². The lowest BCUT2D eigenvalue weighted by atomic mass is 10.0. The molecule has 0 bridgehead atoms. The molecule has 0 spiro atoms. The second-order valence-electron chi connectivity index (χ2n) is 13.4. The molecule has 320 valence electrons. The topological polar surface area (TPSA) is 102 Å². The lowest BCUT2D eigenvalue weighted by Gasteiger charge is -2.09. The first-order chi connectivity index (χ1) is 26.4. The first kappa shape index (κ1) is 52.6. The Hall–Kier alpha value is -0.440. The predicted octanol–water partition coefficient (Wildman–Crippen LogP) is 8.23. The van der Waals surface area contributed by atoms with Crippen molar-refractivity contribution in [2.45, 2.75) is 129 Å². The fourth-order valence-corrected chi connectivity index (χ4v) is 5.33. The van der Waals surface area contributed by atoms with Crippen LogP contribution in [0.3, 0.4) is 0 Å². The Balaban J connectivity index is 3.05. The normalized spacial score (nSPS) is 11.7. The number of unbranched alkanes of at least 4 members (excludes halogenated alkanes) is 16. The molecule has 0 aromatic rings. The Bertz CT molecular complexity index is 568. The minimum atomic E-state index is 0.528. The monoisotopic (exact) mass is 767 g/mol. The van der Waals surface area contributed by atoms with E-state index in [1.165, 1.54) is 103 Å². The summed E-state index contributed by atoms with van der Waals surface area (Å²) < 4.78 is 61.0. The standard InChI is InChI=1S/C42H86O11/c1-3-5-7-9-10-11-12-13-14-15-16-18-20-22-44-24-26-46-28-30-48-32-34-50-36-38-52-40-42-53-41-39-51-37-35-49-33-31-47-29-27-45-25-23-43-21-19-17-8-6-4-2/h3-42H2,1-2H3. The SMILES string of the molecule is CCCCCCCCCCCCCCCOCCOCCOCCOCCOCCOCCOCCOCCOCCOCCOCCCCCCC. The zero-order valence-electron chi connectivity index (χ0n) is 34.8. The average molecular weight is 767 g/mol. The average Bonchev–Trinajstić information content (AvgIpc) is 3.17. The first-order valence-electron chi connectivity index (χ1n) is 21.8. The van der Waals surface area contributed by atoms with E-state index in [1.807, 2.05) is 0 Å². The highest BCUT2D eigenvalue weighted by Crippen LogP contribution is 2.12. The Morgan fingerprint density at radius 2 is 0.283 bits per heavy atom. The summed E-state index contributed by atoms with van der Waals surface area (Å²) in [5.74, 6) is 0. The molecule has 0 rings (SSSR count). The molecule has 0 radical (unpaired) electrons. The highest BCUT2D eigenvalue weighted by molar-refractivity contribution is 4.49. The van der Waals surface area contributed by atoms with Crippen LogP contribution in [0.5, 0.6) is 0 Å². The van der Waals surface area contributed by atoms with Crippen molar-refractivity contribution in [2.75, 3.05) is 145 Å². The number of rotatable bonds is 50. The van der Waals surface area contributed by atoms with E-state index < -0.39 is 0 Å². The molecule has 0 aliphatic carbocycles. The third kappa shape index (κ3) is 51.6. The molecule has 0 saturated heterocycles. The van der Waals surface area contributed by atoms with Crippen LogP contribution in [0, 0.1) is 0 Å². The molecule has 0 fully saturated rings. The molecule has 0 aliphatic heterocycles. The molecule has 0 amide bonds. The van der Waals surface area contributed by atoms with Crippen molar-refractivity contribution < 1.29 is 52.1 Å². The fraction of sp³-hybridized carbons (Fsp3) is 1.00. The van der Waals surface area contributed by atoms with Crippen molar-refractivity contribution in [1.29, 1.82) is 0 Å². The summed E-state index contributed by atoms with van der Waals surface area (Å²) in [7, 11) is 0. The maximum atomic E-state index is 5.68. The molecule has 0 heterocycles. The minimum Gasteiger partial charge on any atom is -0.379 e. The minimum absolute atomic E-state index is 0.528. The molecule has 11 heteroatoms. The Kier molecular flexibility index (Phi) is 51.1. The van der Waals surface area contributed by atoms with Gasteiger partial charge in [-0.25, -0.2) is 0 Å². The van der Waals surface area contributed by atoms with Crippen LogP contribution >= 0.6 is 0 Å². The van der Waals surface area contributed by atoms with Gasteiger partial charge in [-0.1, -0.05) is 117 Å². The van der Waals surface area contributed by atoms with Gasteiger partial charge in [-0.05, 0) is 12.8 Å². The molecule has 0 aromatic carbocycles. The van der Waals surface area contributed by atoms with Gasteiger partial charge in [-0.2, -0.15) is 0 Å². The van der Waals surface area contributed by atoms with Crippen LogP contribution in [-0.2, 0) is 52.1 Å². The molecule has 0 saturated carbocycles. The Morgan fingerprint density at radius 1 is 0.151 bits per heavy atom. The zero-order valence-corrected chi connectivity index (χ0v) is 34.8. The third-order valence-electron chi connectivity index (χ3n) is 8.50. The molecular weight excluding hydrogens is 680 g/mol. The van der Waals surface area contributed by atoms with Crippen LogP contribution in [0.25, 0.3) is 0 Å². The summed E-state index contributed by atoms with van der Waals surface area (Å²) in [5.41, 5.74) is 0. The van der Waals surface area contributed by atoms with Crippen LogP contribution in [-0.4, -0.2) is 145 Å². The quantitative estimate of drug-likeness (QED) is 0.0560. The van der Waals surface area contributed by atoms with E-state index in [0.29, 0.717) is 132 Å². The fourth-order valence-electron chi connectivity index (χ4n) is 5.33. The van der Waals surface area contributed by atoms with Crippen LogP contribution in [0.15, 0.2) is 0 Å². The van der Waals surface area contributed by atoms with Gasteiger partial charge in [-0.3, -0.25) is 0 Å². The number of hydrogen-bond donors (Lipinski definition) is 0. The van der Waals surface area contributed by atoms with Crippen LogP contribution < -0.4 is 0 Å². The lowest BCUT2D eigenvalue weighted by Crippen LogP contribution is -2.15. The van der Waals surface area contributed by atoms with Crippen molar-refractivity contribution >= 4 is 0 Å². The summed E-state index contributed by atoms with van der Waals surface area (Å²) >= 11 is 0. The highest BCUT2D eigenvalue weighted by Gasteiger charge is 1.98. The van der Waals surface area contributed by atoms with Crippen LogP contribution in [0.4, 0.5) is 0 Å². The molecule has 0 atom stereocenters. The van der Waals surface area contributed by atoms with Gasteiger partial charge in [0.25, 0.3) is 0 Å². The van der Waals surface area contributed by atoms with E-state index in [9.17, 15) is 0 Å². The van der Waals surface area contributed by atoms with E-state index >= 15 is 0 Å². The lowest BCUT2D eigenvalue weighted by molar-refractivity contribution is -0.0275. The van der Waals surface area contributed by atoms with E-state index in [-0.39, 0.29) is 0 Å². The molecule has 11 nitrogen and oxygen atoms in total. The second kappa shape index (κ2) is 51.6. The summed E-state index contributed by atoms with van der Waals surface area (Å²) in [4.78, 5) is 0. The number of ether oxygens (including phenoxy) is 11. The van der Waals surface area contributed by atoms with Gasteiger partial charge in [0.2, 0.25) is 0 Å². The van der Waals surface area contributed by atoms with E-state index in [4.69, 9.17) is 52.1 Å². The molecule has 0 unspecified atom stereocenters. The summed E-state index contributed by atoms with van der Waals surface area (Å²) in [6.45, 7) is 17.4. The van der Waals surface area contributed by atoms with Gasteiger partial charge in [-0.15, -0.1) is 0 Å². The summed E-state index contributed by atoms with van der Waals surface area (Å²) in [6, 6.07) is 0. The predicted molar refractivity (Wildman–Crippen MR) is 213 cm³/mol. The molecule has 0 aliphatic rings. The molecule has 0 N–H and O–H groups in total. The van der Waals surface area contributed by atoms with E-state index in [2.05, 4.69) is 13.8 Å². The highest BCUT2D eigenvalue weighted by atomic mass is 16.6. The van der Waals surface area contributed by atoms with Crippen molar-refractivity contribution in [3.63, 3.8) is 0 Å². The molecule has 53 heavy (non-hydrogen) atoms. The molecule has 0 aromatic heterocycles. The Labute approximate surface area is 326 Å². The largest absolute Gasteiger partial charge is 0.379 e. The van der Waals surface area contributed by atoms with Crippen molar-refractivity contribution in [3.05, 3.63) is 0 Å². The zero-order chi connectivity index (χ0) is 38.1. The maximum absolute atomic E-state index is 5.68. The van der Waals surface area contributed by atoms with Gasteiger partial charge in [0.05, 0.1) is 132 Å².